The number of amides is 1. The molecule has 0 spiro atoms. The number of allylic oxidation sites excluding steroid dienone is 3. The van der Waals surface area contributed by atoms with Crippen LogP contribution in [-0.4, -0.2) is 47.8 Å². The smallest absolute Gasteiger partial charge is 0.387 e. The molecule has 0 aliphatic carbocycles. The van der Waals surface area contributed by atoms with Crippen LogP contribution in [0, 0.1) is 0 Å². The molecule has 0 aliphatic rings. The Bertz CT molecular complexity index is 779. The van der Waals surface area contributed by atoms with E-state index in [1.54, 1.807) is 6.08 Å². The van der Waals surface area contributed by atoms with Crippen molar-refractivity contribution in [1.82, 2.24) is 5.32 Å². The monoisotopic (exact) mass is 673 g/mol. The van der Waals surface area contributed by atoms with Crippen LogP contribution in [0.4, 0.5) is 0 Å². The Morgan fingerprint density at radius 3 is 1.67 bits per heavy atom. The number of unbranched alkanes of at least 4 members (excludes halogenated alkanes) is 21. The van der Waals surface area contributed by atoms with Gasteiger partial charge >= 0.3 is 7.82 Å². The minimum absolute atomic E-state index is 0.0755. The van der Waals surface area contributed by atoms with Crippen molar-refractivity contribution < 1.29 is 28.4 Å². The molecule has 0 aliphatic heterocycles. The number of hydrogen-bond donors (Lipinski definition) is 4. The zero-order valence-electron chi connectivity index (χ0n) is 29.8. The third-order valence-corrected chi connectivity index (χ3v) is 9.26. The van der Waals surface area contributed by atoms with E-state index < -0.39 is 20.0 Å². The highest BCUT2D eigenvalue weighted by Crippen LogP contribution is 2.43. The summed E-state index contributed by atoms with van der Waals surface area (Å²) in [5.41, 5.74) is 5.35. The largest absolute Gasteiger partial charge is 0.472 e. The van der Waals surface area contributed by atoms with Crippen molar-refractivity contribution in [2.45, 2.75) is 187 Å². The normalized spacial score (nSPS) is 14.6. The molecule has 0 aromatic rings. The summed E-state index contributed by atoms with van der Waals surface area (Å²) < 4.78 is 22.0. The lowest BCUT2D eigenvalue weighted by Crippen LogP contribution is -2.45. The molecule has 8 nitrogen and oxygen atoms in total. The Balaban J connectivity index is 4.33. The number of nitrogens with one attached hydrogen (secondary N) is 1. The lowest BCUT2D eigenvalue weighted by Gasteiger charge is -2.23. The molecule has 9 heteroatoms. The quantitative estimate of drug-likeness (QED) is 0.0299. The van der Waals surface area contributed by atoms with E-state index in [1.807, 2.05) is 6.08 Å². The second kappa shape index (κ2) is 33.9. The summed E-state index contributed by atoms with van der Waals surface area (Å²) >= 11 is 0. The minimum Gasteiger partial charge on any atom is -0.387 e. The summed E-state index contributed by atoms with van der Waals surface area (Å²) in [5.74, 6) is -0.205. The molecule has 1 amide bonds. The van der Waals surface area contributed by atoms with Crippen molar-refractivity contribution in [2.24, 2.45) is 5.73 Å². The first-order valence-electron chi connectivity index (χ1n) is 19.0. The van der Waals surface area contributed by atoms with Gasteiger partial charge in [-0.25, -0.2) is 4.57 Å². The molecule has 0 saturated carbocycles. The van der Waals surface area contributed by atoms with E-state index in [1.165, 1.54) is 116 Å². The number of rotatable bonds is 35. The van der Waals surface area contributed by atoms with E-state index >= 15 is 0 Å². The Morgan fingerprint density at radius 2 is 1.15 bits per heavy atom. The average molecular weight is 673 g/mol. The molecule has 5 N–H and O–H groups in total. The summed E-state index contributed by atoms with van der Waals surface area (Å²) in [5, 5.41) is 13.6. The van der Waals surface area contributed by atoms with Gasteiger partial charge in [-0.3, -0.25) is 13.8 Å². The van der Waals surface area contributed by atoms with Gasteiger partial charge in [-0.1, -0.05) is 160 Å². The molecule has 46 heavy (non-hydrogen) atoms. The second-order valence-corrected chi connectivity index (χ2v) is 14.2. The first-order chi connectivity index (χ1) is 22.4. The maximum Gasteiger partial charge on any atom is 0.472 e. The molecule has 0 radical (unpaired) electrons. The predicted molar refractivity (Wildman–Crippen MR) is 194 cm³/mol. The first kappa shape index (κ1) is 45.0. The molecule has 0 rings (SSSR count). The van der Waals surface area contributed by atoms with E-state index in [9.17, 15) is 19.4 Å². The number of aliphatic hydroxyl groups excluding tert-OH is 1. The van der Waals surface area contributed by atoms with Crippen LogP contribution in [0.3, 0.4) is 0 Å². The van der Waals surface area contributed by atoms with Crippen LogP contribution in [0.2, 0.25) is 0 Å². The van der Waals surface area contributed by atoms with E-state index in [4.69, 9.17) is 14.8 Å². The number of hydrogen-bond acceptors (Lipinski definition) is 6. The number of phosphoric ester groups is 1. The molecular weight excluding hydrogens is 599 g/mol. The van der Waals surface area contributed by atoms with Crippen molar-refractivity contribution in [3.63, 3.8) is 0 Å². The van der Waals surface area contributed by atoms with Gasteiger partial charge in [0.2, 0.25) is 5.91 Å². The molecule has 0 bridgehead atoms. The first-order valence-corrected chi connectivity index (χ1v) is 20.5. The highest BCUT2D eigenvalue weighted by atomic mass is 31.2. The van der Waals surface area contributed by atoms with E-state index in [2.05, 4.69) is 31.3 Å². The molecule has 0 saturated heterocycles. The van der Waals surface area contributed by atoms with Gasteiger partial charge in [0.15, 0.2) is 0 Å². The lowest BCUT2D eigenvalue weighted by molar-refractivity contribution is -0.123. The second-order valence-electron chi connectivity index (χ2n) is 12.8. The van der Waals surface area contributed by atoms with Crippen molar-refractivity contribution >= 4 is 13.7 Å². The zero-order valence-corrected chi connectivity index (χ0v) is 30.7. The minimum atomic E-state index is -4.33. The number of carbonyl (C=O) groups excluding carboxylic acids is 1. The fourth-order valence-electron chi connectivity index (χ4n) is 5.38. The van der Waals surface area contributed by atoms with Gasteiger partial charge in [0, 0.05) is 13.0 Å². The van der Waals surface area contributed by atoms with Crippen molar-refractivity contribution in [3.8, 4) is 0 Å². The molecule has 0 fully saturated rings. The van der Waals surface area contributed by atoms with Crippen LogP contribution in [-0.2, 0) is 18.4 Å². The molecule has 3 unspecified atom stereocenters. The van der Waals surface area contributed by atoms with Crippen LogP contribution < -0.4 is 11.1 Å². The van der Waals surface area contributed by atoms with Crippen molar-refractivity contribution in [1.29, 1.82) is 0 Å². The van der Waals surface area contributed by atoms with Crippen molar-refractivity contribution in [3.05, 3.63) is 24.3 Å². The Kier molecular flexibility index (Phi) is 33.1. The predicted octanol–water partition coefficient (Wildman–Crippen LogP) is 9.83. The summed E-state index contributed by atoms with van der Waals surface area (Å²) in [4.78, 5) is 22.6. The lowest BCUT2D eigenvalue weighted by atomic mass is 10.0. The van der Waals surface area contributed by atoms with Crippen LogP contribution in [0.25, 0.3) is 0 Å². The van der Waals surface area contributed by atoms with Gasteiger partial charge < -0.3 is 21.1 Å². The number of nitrogens with two attached hydrogens (primary N) is 1. The van der Waals surface area contributed by atoms with Gasteiger partial charge in [0.25, 0.3) is 0 Å². The van der Waals surface area contributed by atoms with Gasteiger partial charge in [0.1, 0.15) is 0 Å². The molecule has 0 heterocycles. The third kappa shape index (κ3) is 31.6. The SMILES string of the molecule is CCCCCCCC/C=C/CC/C=C/C(O)C(COP(=O)(O)OCCN)NC(=O)CCCCCCCCCCCCCCCCC. The van der Waals surface area contributed by atoms with Crippen LogP contribution in [0.15, 0.2) is 24.3 Å². The fourth-order valence-corrected chi connectivity index (χ4v) is 6.14. The molecule has 3 atom stereocenters. The van der Waals surface area contributed by atoms with Crippen LogP contribution in [0.1, 0.15) is 174 Å². The van der Waals surface area contributed by atoms with Gasteiger partial charge in [-0.05, 0) is 32.1 Å². The molecule has 272 valence electrons. The highest BCUT2D eigenvalue weighted by molar-refractivity contribution is 7.47. The zero-order chi connectivity index (χ0) is 34.0. The maximum atomic E-state index is 12.7. The standard InChI is InChI=1S/C37H73N2O6P/c1-3-5-7-9-11-13-15-17-18-19-21-23-25-27-29-31-37(41)39-35(34-45-46(42,43)44-33-32-38)36(40)30-28-26-24-22-20-16-14-12-10-8-6-4-2/h20,22,28,30,35-36,40H,3-19,21,23-27,29,31-34,38H2,1-2H3,(H,39,41)(H,42,43)/b22-20+,30-28+. The van der Waals surface area contributed by atoms with Crippen LogP contribution in [0.5, 0.6) is 0 Å². The number of phosphoric acid groups is 1. The van der Waals surface area contributed by atoms with Gasteiger partial charge in [-0.2, -0.15) is 0 Å². The van der Waals surface area contributed by atoms with Gasteiger partial charge in [0.05, 0.1) is 25.4 Å². The fraction of sp³-hybridized carbons (Fsp3) is 0.865. The summed E-state index contributed by atoms with van der Waals surface area (Å²) in [6.45, 7) is 4.09. The van der Waals surface area contributed by atoms with Crippen molar-refractivity contribution in [2.75, 3.05) is 19.8 Å². The van der Waals surface area contributed by atoms with Crippen LogP contribution >= 0.6 is 7.82 Å². The van der Waals surface area contributed by atoms with E-state index in [-0.39, 0.29) is 25.7 Å². The Labute approximate surface area is 283 Å². The summed E-state index contributed by atoms with van der Waals surface area (Å²) in [7, 11) is -4.33. The summed E-state index contributed by atoms with van der Waals surface area (Å²) in [6, 6.07) is -0.870. The van der Waals surface area contributed by atoms with E-state index in [0.717, 1.165) is 38.5 Å². The molecular formula is C37H73N2O6P. The Hall–Kier alpha value is -1.02. The highest BCUT2D eigenvalue weighted by Gasteiger charge is 2.26. The number of aliphatic hydroxyl groups is 1. The van der Waals surface area contributed by atoms with E-state index in [0.29, 0.717) is 6.42 Å². The maximum absolute atomic E-state index is 12.7. The third-order valence-electron chi connectivity index (χ3n) is 8.28. The summed E-state index contributed by atoms with van der Waals surface area (Å²) in [6.07, 6.45) is 36.5. The molecule has 0 aromatic heterocycles. The molecule has 0 aromatic carbocycles. The average Bonchev–Trinajstić information content (AvgIpc) is 3.04. The topological polar surface area (TPSA) is 131 Å². The number of carbonyl (C=O) groups is 1. The Morgan fingerprint density at radius 1 is 0.696 bits per heavy atom. The van der Waals surface area contributed by atoms with Gasteiger partial charge in [-0.15, -0.1) is 0 Å².